The van der Waals surface area contributed by atoms with Crippen LogP contribution < -0.4 is 4.74 Å². The lowest BCUT2D eigenvalue weighted by Gasteiger charge is -2.31. The number of aromatic nitrogens is 1. The number of likely N-dealkylation sites (tertiary alicyclic amines) is 1. The number of carbonyl (C=O) groups is 1. The van der Waals surface area contributed by atoms with E-state index in [2.05, 4.69) is 12.1 Å². The van der Waals surface area contributed by atoms with E-state index in [-0.39, 0.29) is 5.91 Å². The molecular formula is C20H19ClN2O2S. The summed E-state index contributed by atoms with van der Waals surface area (Å²) in [6.45, 7) is 1.48. The van der Waals surface area contributed by atoms with Gasteiger partial charge in [0.2, 0.25) is 0 Å². The SMILES string of the molecule is COc1ccc(C(=O)N2CCC(c3nc4ccccc4s3)CC2)cc1Cl. The van der Waals surface area contributed by atoms with Crippen LogP contribution in [0.25, 0.3) is 10.2 Å². The van der Waals surface area contributed by atoms with Crippen molar-refractivity contribution in [3.8, 4) is 5.75 Å². The molecule has 6 heteroatoms. The first-order chi connectivity index (χ1) is 12.7. The zero-order valence-electron chi connectivity index (χ0n) is 14.4. The molecule has 0 atom stereocenters. The predicted octanol–water partition coefficient (Wildman–Crippen LogP) is 4.98. The van der Waals surface area contributed by atoms with Crippen molar-refractivity contribution in [2.45, 2.75) is 18.8 Å². The molecular weight excluding hydrogens is 368 g/mol. The molecule has 0 N–H and O–H groups in total. The van der Waals surface area contributed by atoms with Gasteiger partial charge in [-0.05, 0) is 43.2 Å². The Bertz CT molecular complexity index is 915. The lowest BCUT2D eigenvalue weighted by Crippen LogP contribution is -2.37. The maximum atomic E-state index is 12.7. The van der Waals surface area contributed by atoms with Gasteiger partial charge in [-0.3, -0.25) is 4.79 Å². The zero-order valence-corrected chi connectivity index (χ0v) is 16.0. The third kappa shape index (κ3) is 3.29. The van der Waals surface area contributed by atoms with Crippen molar-refractivity contribution in [2.75, 3.05) is 20.2 Å². The van der Waals surface area contributed by atoms with Gasteiger partial charge in [-0.15, -0.1) is 11.3 Å². The maximum absolute atomic E-state index is 12.7. The summed E-state index contributed by atoms with van der Waals surface area (Å²) in [4.78, 5) is 19.4. The third-order valence-electron chi connectivity index (χ3n) is 4.84. The van der Waals surface area contributed by atoms with Crippen LogP contribution in [0.3, 0.4) is 0 Å². The van der Waals surface area contributed by atoms with Crippen molar-refractivity contribution in [3.05, 3.63) is 58.1 Å². The van der Waals surface area contributed by atoms with E-state index in [9.17, 15) is 4.79 Å². The number of fused-ring (bicyclic) bond motifs is 1. The minimum Gasteiger partial charge on any atom is -0.495 e. The smallest absolute Gasteiger partial charge is 0.253 e. The minimum atomic E-state index is 0.0253. The highest BCUT2D eigenvalue weighted by Crippen LogP contribution is 2.34. The number of hydrogen-bond donors (Lipinski definition) is 0. The third-order valence-corrected chi connectivity index (χ3v) is 6.33. The van der Waals surface area contributed by atoms with Crippen LogP contribution in [0.15, 0.2) is 42.5 Å². The van der Waals surface area contributed by atoms with E-state index in [1.54, 1.807) is 36.6 Å². The second-order valence-corrected chi connectivity index (χ2v) is 7.91. The largest absolute Gasteiger partial charge is 0.495 e. The van der Waals surface area contributed by atoms with Gasteiger partial charge in [-0.2, -0.15) is 0 Å². The molecule has 0 radical (unpaired) electrons. The van der Waals surface area contributed by atoms with Gasteiger partial charge >= 0.3 is 0 Å². The number of piperidine rings is 1. The number of carbonyl (C=O) groups excluding carboxylic acids is 1. The van der Waals surface area contributed by atoms with Crippen molar-refractivity contribution in [3.63, 3.8) is 0 Å². The number of hydrogen-bond acceptors (Lipinski definition) is 4. The van der Waals surface area contributed by atoms with E-state index in [0.29, 0.717) is 22.3 Å². The summed E-state index contributed by atoms with van der Waals surface area (Å²) in [5.41, 5.74) is 1.67. The summed E-state index contributed by atoms with van der Waals surface area (Å²) < 4.78 is 6.38. The van der Waals surface area contributed by atoms with E-state index >= 15 is 0 Å². The molecule has 1 aliphatic rings. The molecule has 0 bridgehead atoms. The van der Waals surface area contributed by atoms with Crippen LogP contribution in [-0.2, 0) is 0 Å². The van der Waals surface area contributed by atoms with E-state index < -0.39 is 0 Å². The zero-order chi connectivity index (χ0) is 18.1. The quantitative estimate of drug-likeness (QED) is 0.637. The van der Waals surface area contributed by atoms with Crippen LogP contribution in [0.4, 0.5) is 0 Å². The number of rotatable bonds is 3. The number of para-hydroxylation sites is 1. The molecule has 1 aliphatic heterocycles. The summed E-state index contributed by atoms with van der Waals surface area (Å²) in [6, 6.07) is 13.4. The van der Waals surface area contributed by atoms with Crippen molar-refractivity contribution < 1.29 is 9.53 Å². The van der Waals surface area contributed by atoms with Crippen molar-refractivity contribution >= 4 is 39.1 Å². The van der Waals surface area contributed by atoms with Gasteiger partial charge in [0.1, 0.15) is 5.75 Å². The second-order valence-electron chi connectivity index (χ2n) is 6.44. The normalized spacial score (nSPS) is 15.4. The Morgan fingerprint density at radius 1 is 1.23 bits per heavy atom. The molecule has 1 fully saturated rings. The molecule has 4 nitrogen and oxygen atoms in total. The summed E-state index contributed by atoms with van der Waals surface area (Å²) in [7, 11) is 1.57. The van der Waals surface area contributed by atoms with Gasteiger partial charge in [0.25, 0.3) is 5.91 Å². The molecule has 0 spiro atoms. The number of benzene rings is 2. The number of halogens is 1. The molecule has 0 unspecified atom stereocenters. The van der Waals surface area contributed by atoms with Crippen LogP contribution in [-0.4, -0.2) is 36.0 Å². The summed E-state index contributed by atoms with van der Waals surface area (Å²) in [5, 5.41) is 1.65. The fourth-order valence-electron chi connectivity index (χ4n) is 3.38. The van der Waals surface area contributed by atoms with Crippen LogP contribution in [0.2, 0.25) is 5.02 Å². The number of thiazole rings is 1. The van der Waals surface area contributed by atoms with Gasteiger partial charge in [-0.1, -0.05) is 23.7 Å². The molecule has 2 heterocycles. The molecule has 134 valence electrons. The minimum absolute atomic E-state index is 0.0253. The molecule has 2 aromatic carbocycles. The first-order valence-corrected chi connectivity index (χ1v) is 9.83. The van der Waals surface area contributed by atoms with Crippen LogP contribution in [0.5, 0.6) is 5.75 Å². The molecule has 1 aromatic heterocycles. The number of nitrogens with zero attached hydrogens (tertiary/aromatic N) is 2. The molecule has 0 aliphatic carbocycles. The average molecular weight is 387 g/mol. The van der Waals surface area contributed by atoms with E-state index in [0.717, 1.165) is 31.4 Å². The topological polar surface area (TPSA) is 42.4 Å². The Labute approximate surface area is 161 Å². The highest BCUT2D eigenvalue weighted by molar-refractivity contribution is 7.18. The fraction of sp³-hybridized carbons (Fsp3) is 0.300. The number of amides is 1. The van der Waals surface area contributed by atoms with Crippen LogP contribution in [0.1, 0.15) is 34.1 Å². The standard InChI is InChI=1S/C20H19ClN2O2S/c1-25-17-7-6-14(12-15(17)21)20(24)23-10-8-13(9-11-23)19-22-16-4-2-3-5-18(16)26-19/h2-7,12-13H,8-11H2,1H3. The monoisotopic (exact) mass is 386 g/mol. The average Bonchev–Trinajstić information content (AvgIpc) is 3.11. The van der Waals surface area contributed by atoms with Crippen LogP contribution >= 0.6 is 22.9 Å². The summed E-state index contributed by atoms with van der Waals surface area (Å²) >= 11 is 7.92. The van der Waals surface area contributed by atoms with Gasteiger partial charge in [0.05, 0.1) is 27.4 Å². The van der Waals surface area contributed by atoms with Crippen molar-refractivity contribution in [1.29, 1.82) is 0 Å². The lowest BCUT2D eigenvalue weighted by atomic mass is 9.97. The van der Waals surface area contributed by atoms with Gasteiger partial charge in [0.15, 0.2) is 0 Å². The Hall–Kier alpha value is -2.11. The van der Waals surface area contributed by atoms with E-state index in [4.69, 9.17) is 21.3 Å². The van der Waals surface area contributed by atoms with Gasteiger partial charge in [0, 0.05) is 24.6 Å². The first kappa shape index (κ1) is 17.3. The molecule has 1 saturated heterocycles. The predicted molar refractivity (Wildman–Crippen MR) is 106 cm³/mol. The van der Waals surface area contributed by atoms with E-state index in [1.165, 1.54) is 9.71 Å². The molecule has 0 saturated carbocycles. The number of methoxy groups -OCH3 is 1. The summed E-state index contributed by atoms with van der Waals surface area (Å²) in [5.74, 6) is 1.03. The molecule has 1 amide bonds. The lowest BCUT2D eigenvalue weighted by molar-refractivity contribution is 0.0713. The van der Waals surface area contributed by atoms with Crippen molar-refractivity contribution in [1.82, 2.24) is 9.88 Å². The summed E-state index contributed by atoms with van der Waals surface area (Å²) in [6.07, 6.45) is 1.88. The Balaban J connectivity index is 1.44. The Kier molecular flexibility index (Phi) is 4.83. The highest BCUT2D eigenvalue weighted by Gasteiger charge is 2.26. The Morgan fingerprint density at radius 3 is 2.69 bits per heavy atom. The molecule has 4 rings (SSSR count). The Morgan fingerprint density at radius 2 is 2.00 bits per heavy atom. The van der Waals surface area contributed by atoms with Gasteiger partial charge < -0.3 is 9.64 Å². The van der Waals surface area contributed by atoms with Crippen LogP contribution in [0, 0.1) is 0 Å². The van der Waals surface area contributed by atoms with Gasteiger partial charge in [-0.25, -0.2) is 4.98 Å². The fourth-order valence-corrected chi connectivity index (χ4v) is 4.77. The number of ether oxygens (including phenoxy) is 1. The second kappa shape index (κ2) is 7.25. The first-order valence-electron chi connectivity index (χ1n) is 8.64. The molecule has 26 heavy (non-hydrogen) atoms. The van der Waals surface area contributed by atoms with Crippen molar-refractivity contribution in [2.24, 2.45) is 0 Å². The van der Waals surface area contributed by atoms with E-state index in [1.807, 2.05) is 17.0 Å². The maximum Gasteiger partial charge on any atom is 0.253 e. The molecule has 3 aromatic rings. The highest BCUT2D eigenvalue weighted by atomic mass is 35.5.